The van der Waals surface area contributed by atoms with Crippen LogP contribution in [-0.2, 0) is 0 Å². The van der Waals surface area contributed by atoms with Crippen molar-refractivity contribution in [2.45, 2.75) is 25.7 Å². The number of anilines is 2. The van der Waals surface area contributed by atoms with Gasteiger partial charge in [0.1, 0.15) is 5.82 Å². The Kier molecular flexibility index (Phi) is 5.23. The number of amides is 1. The summed E-state index contributed by atoms with van der Waals surface area (Å²) in [5.74, 6) is 1.48. The van der Waals surface area contributed by atoms with Gasteiger partial charge >= 0.3 is 0 Å². The number of aromatic nitrogens is 4. The van der Waals surface area contributed by atoms with Crippen molar-refractivity contribution in [2.24, 2.45) is 0 Å². The van der Waals surface area contributed by atoms with E-state index in [1.165, 1.54) is 0 Å². The Labute approximate surface area is 163 Å². The van der Waals surface area contributed by atoms with E-state index in [1.54, 1.807) is 36.9 Å². The summed E-state index contributed by atoms with van der Waals surface area (Å²) in [7, 11) is 0. The molecule has 3 aromatic rings. The van der Waals surface area contributed by atoms with Crippen LogP contribution in [0.4, 0.5) is 11.8 Å². The SMILES string of the molecule is Cc1cccnc1Nc1nccc(C2CCCN(C(=O)c3cccnc3)C2)n1. The summed E-state index contributed by atoms with van der Waals surface area (Å²) in [4.78, 5) is 32.0. The highest BCUT2D eigenvalue weighted by atomic mass is 16.2. The van der Waals surface area contributed by atoms with Gasteiger partial charge in [-0.3, -0.25) is 9.78 Å². The molecule has 1 amide bonds. The maximum Gasteiger partial charge on any atom is 0.255 e. The van der Waals surface area contributed by atoms with Crippen molar-refractivity contribution in [3.8, 4) is 0 Å². The number of piperidine rings is 1. The molecule has 28 heavy (non-hydrogen) atoms. The zero-order chi connectivity index (χ0) is 19.3. The van der Waals surface area contributed by atoms with Crippen LogP contribution >= 0.6 is 0 Å². The van der Waals surface area contributed by atoms with E-state index in [2.05, 4.69) is 25.3 Å². The summed E-state index contributed by atoms with van der Waals surface area (Å²) in [6, 6.07) is 9.41. The van der Waals surface area contributed by atoms with Gasteiger partial charge in [0.25, 0.3) is 5.91 Å². The minimum Gasteiger partial charge on any atom is -0.338 e. The second-order valence-electron chi connectivity index (χ2n) is 6.93. The number of carbonyl (C=O) groups excluding carboxylic acids is 1. The van der Waals surface area contributed by atoms with Crippen LogP contribution in [0.1, 0.15) is 40.4 Å². The van der Waals surface area contributed by atoms with Crippen molar-refractivity contribution < 1.29 is 4.79 Å². The van der Waals surface area contributed by atoms with Crippen molar-refractivity contribution in [1.82, 2.24) is 24.8 Å². The van der Waals surface area contributed by atoms with E-state index in [0.29, 0.717) is 18.1 Å². The van der Waals surface area contributed by atoms with Crippen molar-refractivity contribution >= 4 is 17.7 Å². The molecule has 3 aromatic heterocycles. The molecule has 0 aliphatic carbocycles. The predicted octanol–water partition coefficient (Wildman–Crippen LogP) is 3.34. The average Bonchev–Trinajstić information content (AvgIpc) is 2.76. The fourth-order valence-corrected chi connectivity index (χ4v) is 3.46. The summed E-state index contributed by atoms with van der Waals surface area (Å²) in [6.45, 7) is 3.39. The van der Waals surface area contributed by atoms with Crippen molar-refractivity contribution in [3.63, 3.8) is 0 Å². The number of rotatable bonds is 4. The van der Waals surface area contributed by atoms with Gasteiger partial charge in [-0.25, -0.2) is 15.0 Å². The van der Waals surface area contributed by atoms with Gasteiger partial charge in [0, 0.05) is 43.8 Å². The van der Waals surface area contributed by atoms with Gasteiger partial charge in [-0.2, -0.15) is 0 Å². The van der Waals surface area contributed by atoms with Gasteiger partial charge in [0.2, 0.25) is 5.95 Å². The van der Waals surface area contributed by atoms with E-state index in [9.17, 15) is 4.79 Å². The molecule has 1 aliphatic rings. The van der Waals surface area contributed by atoms with Crippen LogP contribution in [0, 0.1) is 6.92 Å². The first-order valence-corrected chi connectivity index (χ1v) is 9.41. The quantitative estimate of drug-likeness (QED) is 0.754. The largest absolute Gasteiger partial charge is 0.338 e. The van der Waals surface area contributed by atoms with Crippen molar-refractivity contribution in [3.05, 3.63) is 71.9 Å². The van der Waals surface area contributed by atoms with E-state index in [-0.39, 0.29) is 11.8 Å². The van der Waals surface area contributed by atoms with Crippen molar-refractivity contribution in [1.29, 1.82) is 0 Å². The van der Waals surface area contributed by atoms with Crippen LogP contribution in [0.5, 0.6) is 0 Å². The predicted molar refractivity (Wildman–Crippen MR) is 106 cm³/mol. The highest BCUT2D eigenvalue weighted by Crippen LogP contribution is 2.27. The van der Waals surface area contributed by atoms with Crippen LogP contribution in [-0.4, -0.2) is 43.8 Å². The minimum atomic E-state index is 0.0225. The molecule has 1 fully saturated rings. The lowest BCUT2D eigenvalue weighted by molar-refractivity contribution is 0.0705. The second kappa shape index (κ2) is 8.12. The van der Waals surface area contributed by atoms with Crippen LogP contribution in [0.15, 0.2) is 55.1 Å². The Balaban J connectivity index is 1.49. The van der Waals surface area contributed by atoms with Crippen molar-refractivity contribution in [2.75, 3.05) is 18.4 Å². The van der Waals surface area contributed by atoms with E-state index < -0.39 is 0 Å². The first-order valence-electron chi connectivity index (χ1n) is 9.41. The first-order chi connectivity index (χ1) is 13.7. The smallest absolute Gasteiger partial charge is 0.255 e. The number of nitrogens with one attached hydrogen (secondary N) is 1. The highest BCUT2D eigenvalue weighted by molar-refractivity contribution is 5.94. The summed E-state index contributed by atoms with van der Waals surface area (Å²) >= 11 is 0. The average molecular weight is 374 g/mol. The van der Waals surface area contributed by atoms with Crippen LogP contribution < -0.4 is 5.32 Å². The number of hydrogen-bond acceptors (Lipinski definition) is 6. The lowest BCUT2D eigenvalue weighted by Gasteiger charge is -2.32. The number of likely N-dealkylation sites (tertiary alicyclic amines) is 1. The van der Waals surface area contributed by atoms with Gasteiger partial charge in [-0.05, 0) is 49.6 Å². The molecule has 7 nitrogen and oxygen atoms in total. The first kappa shape index (κ1) is 18.0. The van der Waals surface area contributed by atoms with Gasteiger partial charge in [-0.15, -0.1) is 0 Å². The van der Waals surface area contributed by atoms with E-state index in [4.69, 9.17) is 0 Å². The normalized spacial score (nSPS) is 16.6. The van der Waals surface area contributed by atoms with Gasteiger partial charge in [0.15, 0.2) is 0 Å². The summed E-state index contributed by atoms with van der Waals surface area (Å²) in [5.41, 5.74) is 2.59. The number of aryl methyl sites for hydroxylation is 1. The topological polar surface area (TPSA) is 83.9 Å². The molecule has 1 aliphatic heterocycles. The zero-order valence-electron chi connectivity index (χ0n) is 15.7. The fourth-order valence-electron chi connectivity index (χ4n) is 3.46. The molecule has 7 heteroatoms. The third-order valence-corrected chi connectivity index (χ3v) is 4.95. The summed E-state index contributed by atoms with van der Waals surface area (Å²) in [6.07, 6.45) is 8.73. The molecule has 0 bridgehead atoms. The third-order valence-electron chi connectivity index (χ3n) is 4.95. The Morgan fingerprint density at radius 3 is 2.86 bits per heavy atom. The Hall–Kier alpha value is -3.35. The Morgan fingerprint density at radius 1 is 1.14 bits per heavy atom. The maximum atomic E-state index is 12.8. The minimum absolute atomic E-state index is 0.0225. The number of carbonyl (C=O) groups is 1. The fraction of sp³-hybridized carbons (Fsp3) is 0.286. The lowest BCUT2D eigenvalue weighted by atomic mass is 9.94. The molecular weight excluding hydrogens is 352 g/mol. The maximum absolute atomic E-state index is 12.8. The molecule has 1 N–H and O–H groups in total. The van der Waals surface area contributed by atoms with E-state index in [0.717, 1.165) is 36.5 Å². The Morgan fingerprint density at radius 2 is 2.04 bits per heavy atom. The number of nitrogens with zero attached hydrogens (tertiary/aromatic N) is 5. The standard InChI is InChI=1S/C21H22N6O/c1-15-5-2-10-23-19(15)26-21-24-11-8-18(25-21)17-7-4-12-27(14-17)20(28)16-6-3-9-22-13-16/h2-3,5-6,8-11,13,17H,4,7,12,14H2,1H3,(H,23,24,25,26). The monoisotopic (exact) mass is 374 g/mol. The number of pyridine rings is 2. The molecule has 1 atom stereocenters. The molecular formula is C21H22N6O. The second-order valence-corrected chi connectivity index (χ2v) is 6.93. The molecule has 1 unspecified atom stereocenters. The summed E-state index contributed by atoms with van der Waals surface area (Å²) < 4.78 is 0. The van der Waals surface area contributed by atoms with E-state index >= 15 is 0 Å². The molecule has 0 radical (unpaired) electrons. The highest BCUT2D eigenvalue weighted by Gasteiger charge is 2.26. The van der Waals surface area contributed by atoms with Gasteiger partial charge in [-0.1, -0.05) is 6.07 Å². The molecule has 4 rings (SSSR count). The van der Waals surface area contributed by atoms with Crippen LogP contribution in [0.25, 0.3) is 0 Å². The van der Waals surface area contributed by atoms with Gasteiger partial charge in [0.05, 0.1) is 11.3 Å². The van der Waals surface area contributed by atoms with Gasteiger partial charge < -0.3 is 10.2 Å². The Bertz CT molecular complexity index is 962. The summed E-state index contributed by atoms with van der Waals surface area (Å²) in [5, 5.41) is 3.19. The third kappa shape index (κ3) is 3.98. The van der Waals surface area contributed by atoms with Crippen LogP contribution in [0.2, 0.25) is 0 Å². The lowest BCUT2D eigenvalue weighted by Crippen LogP contribution is -2.39. The zero-order valence-corrected chi connectivity index (χ0v) is 15.7. The van der Waals surface area contributed by atoms with E-state index in [1.807, 2.05) is 30.0 Å². The van der Waals surface area contributed by atoms with Crippen LogP contribution in [0.3, 0.4) is 0 Å². The number of hydrogen-bond donors (Lipinski definition) is 1. The molecule has 0 saturated carbocycles. The molecule has 0 aromatic carbocycles. The molecule has 4 heterocycles. The molecule has 142 valence electrons. The molecule has 1 saturated heterocycles. The molecule has 0 spiro atoms.